The van der Waals surface area contributed by atoms with E-state index in [1.54, 1.807) is 0 Å². The van der Waals surface area contributed by atoms with Crippen LogP contribution in [-0.4, -0.2) is 48.7 Å². The predicted octanol–water partition coefficient (Wildman–Crippen LogP) is 3.14. The van der Waals surface area contributed by atoms with E-state index >= 15 is 0 Å². The molecule has 0 saturated heterocycles. The van der Waals surface area contributed by atoms with E-state index in [0.29, 0.717) is 0 Å². The molecule has 1 aliphatic carbocycles. The molecule has 2 amide bonds. The van der Waals surface area contributed by atoms with Gasteiger partial charge in [0.1, 0.15) is 6.61 Å². The lowest BCUT2D eigenvalue weighted by Gasteiger charge is -2.18. The number of hydrogen-bond donors (Lipinski definition) is 3. The molecule has 0 atom stereocenters. The van der Waals surface area contributed by atoms with E-state index in [2.05, 4.69) is 0 Å². The lowest BCUT2D eigenvalue weighted by molar-refractivity contribution is -0.145. The first kappa shape index (κ1) is 22.2. The van der Waals surface area contributed by atoms with Crippen LogP contribution in [0.15, 0.2) is 48.5 Å². The Balaban J connectivity index is 1.50. The van der Waals surface area contributed by atoms with Gasteiger partial charge in [-0.15, -0.1) is 0 Å². The van der Waals surface area contributed by atoms with E-state index in [4.69, 9.17) is 9.84 Å². The Hall–Kier alpha value is -3.49. The number of carboxylic acids is 1. The summed E-state index contributed by atoms with van der Waals surface area (Å²) in [6, 6.07) is 15.4. The highest BCUT2D eigenvalue weighted by molar-refractivity contribution is 5.84. The smallest absolute Gasteiger partial charge is 0.407 e. The van der Waals surface area contributed by atoms with Crippen LogP contribution in [0.25, 0.3) is 11.1 Å². The Morgan fingerprint density at radius 3 is 2.13 bits per heavy atom. The molecule has 0 spiro atoms. The summed E-state index contributed by atoms with van der Waals surface area (Å²) in [4.78, 5) is 33.9. The van der Waals surface area contributed by atoms with Crippen molar-refractivity contribution in [1.29, 1.82) is 0 Å². The topological polar surface area (TPSA) is 105 Å². The molecular formula is C22H22F2N2O5. The van der Waals surface area contributed by atoms with Crippen molar-refractivity contribution in [2.45, 2.75) is 24.7 Å². The van der Waals surface area contributed by atoms with E-state index in [-0.39, 0.29) is 31.9 Å². The molecule has 0 unspecified atom stereocenters. The monoisotopic (exact) mass is 432 g/mol. The van der Waals surface area contributed by atoms with Crippen LogP contribution in [0, 0.1) is 0 Å². The van der Waals surface area contributed by atoms with Gasteiger partial charge in [0.15, 0.2) is 0 Å². The summed E-state index contributed by atoms with van der Waals surface area (Å²) in [7, 11) is 0. The summed E-state index contributed by atoms with van der Waals surface area (Å²) in [6.07, 6.45) is -1.28. The van der Waals surface area contributed by atoms with Crippen molar-refractivity contribution in [1.82, 2.24) is 10.6 Å². The minimum Gasteiger partial charge on any atom is -0.481 e. The highest BCUT2D eigenvalue weighted by atomic mass is 19.3. The molecule has 31 heavy (non-hydrogen) atoms. The molecule has 2 aromatic rings. The number of alkyl halides is 2. The number of hydrogen-bond acceptors (Lipinski definition) is 4. The first-order chi connectivity index (χ1) is 14.8. The first-order valence-corrected chi connectivity index (χ1v) is 9.76. The fraction of sp³-hybridized carbons (Fsp3) is 0.318. The Bertz CT molecular complexity index is 934. The summed E-state index contributed by atoms with van der Waals surface area (Å²) in [6.45, 7) is -1.47. The summed E-state index contributed by atoms with van der Waals surface area (Å²) in [5.74, 6) is -6.74. The van der Waals surface area contributed by atoms with Gasteiger partial charge in [0.25, 0.3) is 5.91 Å². The Morgan fingerprint density at radius 1 is 0.968 bits per heavy atom. The third-order valence-corrected chi connectivity index (χ3v) is 4.98. The molecule has 7 nitrogen and oxygen atoms in total. The lowest BCUT2D eigenvalue weighted by Crippen LogP contribution is -2.48. The highest BCUT2D eigenvalue weighted by Gasteiger charge is 2.39. The van der Waals surface area contributed by atoms with E-state index in [0.717, 1.165) is 22.3 Å². The van der Waals surface area contributed by atoms with Crippen LogP contribution in [0.2, 0.25) is 0 Å². The molecule has 0 aliphatic heterocycles. The highest BCUT2D eigenvalue weighted by Crippen LogP contribution is 2.44. The number of carbonyl (C=O) groups is 3. The number of rotatable bonds is 9. The maximum Gasteiger partial charge on any atom is 0.407 e. The fourth-order valence-corrected chi connectivity index (χ4v) is 3.48. The van der Waals surface area contributed by atoms with Gasteiger partial charge in [-0.05, 0) is 28.7 Å². The van der Waals surface area contributed by atoms with E-state index in [1.807, 2.05) is 59.2 Å². The number of alkyl carbamates (subject to hydrolysis) is 1. The van der Waals surface area contributed by atoms with Gasteiger partial charge in [0.05, 0.1) is 6.54 Å². The molecule has 0 fully saturated rings. The zero-order valence-electron chi connectivity index (χ0n) is 16.6. The molecule has 3 rings (SSSR count). The zero-order valence-corrected chi connectivity index (χ0v) is 16.6. The van der Waals surface area contributed by atoms with Crippen LogP contribution < -0.4 is 10.6 Å². The van der Waals surface area contributed by atoms with Crippen molar-refractivity contribution in [2.75, 3.05) is 19.7 Å². The van der Waals surface area contributed by atoms with Crippen LogP contribution in [0.3, 0.4) is 0 Å². The molecular weight excluding hydrogens is 410 g/mol. The van der Waals surface area contributed by atoms with Crippen molar-refractivity contribution in [3.05, 3.63) is 59.7 Å². The molecule has 164 valence electrons. The van der Waals surface area contributed by atoms with Gasteiger partial charge in [-0.1, -0.05) is 48.5 Å². The van der Waals surface area contributed by atoms with Crippen molar-refractivity contribution in [2.24, 2.45) is 0 Å². The largest absolute Gasteiger partial charge is 0.481 e. The molecule has 3 N–H and O–H groups in total. The molecule has 1 aliphatic rings. The van der Waals surface area contributed by atoms with E-state index < -0.39 is 30.4 Å². The van der Waals surface area contributed by atoms with Gasteiger partial charge in [0, 0.05) is 18.9 Å². The molecule has 0 heterocycles. The van der Waals surface area contributed by atoms with Crippen molar-refractivity contribution in [3.63, 3.8) is 0 Å². The van der Waals surface area contributed by atoms with Crippen molar-refractivity contribution in [3.8, 4) is 11.1 Å². The maximum atomic E-state index is 13.9. The second kappa shape index (κ2) is 9.55. The molecule has 0 radical (unpaired) electrons. The number of halogens is 2. The number of benzene rings is 2. The second-order valence-electron chi connectivity index (χ2n) is 7.14. The van der Waals surface area contributed by atoms with Gasteiger partial charge >= 0.3 is 18.0 Å². The molecule has 0 bridgehead atoms. The third-order valence-electron chi connectivity index (χ3n) is 4.98. The summed E-state index contributed by atoms with van der Waals surface area (Å²) in [5, 5.41) is 12.4. The van der Waals surface area contributed by atoms with Crippen LogP contribution in [0.4, 0.5) is 13.6 Å². The lowest BCUT2D eigenvalue weighted by atomic mass is 9.98. The van der Waals surface area contributed by atoms with E-state index in [1.165, 1.54) is 0 Å². The number of fused-ring (bicyclic) bond motifs is 3. The van der Waals surface area contributed by atoms with E-state index in [9.17, 15) is 23.2 Å². The third kappa shape index (κ3) is 5.36. The average Bonchev–Trinajstić information content (AvgIpc) is 3.07. The second-order valence-corrected chi connectivity index (χ2v) is 7.14. The van der Waals surface area contributed by atoms with Crippen molar-refractivity contribution < 1.29 is 33.0 Å². The van der Waals surface area contributed by atoms with Crippen molar-refractivity contribution >= 4 is 18.0 Å². The number of amides is 2. The minimum atomic E-state index is -3.85. The van der Waals surface area contributed by atoms with Gasteiger partial charge in [-0.3, -0.25) is 9.59 Å². The summed E-state index contributed by atoms with van der Waals surface area (Å²) >= 11 is 0. The first-order valence-electron chi connectivity index (χ1n) is 9.76. The van der Waals surface area contributed by atoms with Crippen LogP contribution in [0.1, 0.15) is 29.9 Å². The zero-order chi connectivity index (χ0) is 22.4. The van der Waals surface area contributed by atoms with Crippen LogP contribution in [0.5, 0.6) is 0 Å². The fourth-order valence-electron chi connectivity index (χ4n) is 3.48. The van der Waals surface area contributed by atoms with Crippen LogP contribution in [-0.2, 0) is 14.3 Å². The molecule has 2 aromatic carbocycles. The maximum absolute atomic E-state index is 13.9. The number of carboxylic acid groups (broad SMARTS) is 1. The van der Waals surface area contributed by atoms with Crippen LogP contribution >= 0.6 is 0 Å². The quantitative estimate of drug-likeness (QED) is 0.528. The number of ether oxygens (including phenoxy) is 1. The Labute approximate surface area is 177 Å². The normalized spacial score (nSPS) is 12.6. The number of nitrogens with one attached hydrogen (secondary N) is 2. The molecule has 0 saturated carbocycles. The van der Waals surface area contributed by atoms with Gasteiger partial charge < -0.3 is 20.5 Å². The van der Waals surface area contributed by atoms with Gasteiger partial charge in [-0.25, -0.2) is 4.79 Å². The van der Waals surface area contributed by atoms with Gasteiger partial charge in [0.2, 0.25) is 0 Å². The number of carbonyl (C=O) groups excluding carboxylic acids is 2. The average molecular weight is 432 g/mol. The SMILES string of the molecule is O=C(O)CCCNC(=O)C(F)(F)CNC(=O)OCC1c2ccccc2-c2ccccc21. The summed E-state index contributed by atoms with van der Waals surface area (Å²) in [5.41, 5.74) is 4.06. The minimum absolute atomic E-state index is 0.0248. The number of aliphatic carboxylic acids is 1. The predicted molar refractivity (Wildman–Crippen MR) is 108 cm³/mol. The molecule has 9 heteroatoms. The Kier molecular flexibility index (Phi) is 6.84. The van der Waals surface area contributed by atoms with Gasteiger partial charge in [-0.2, -0.15) is 8.78 Å². The Morgan fingerprint density at radius 2 is 1.55 bits per heavy atom. The summed E-state index contributed by atoms with van der Waals surface area (Å²) < 4.78 is 33.0. The molecule has 0 aromatic heterocycles. The standard InChI is InChI=1S/C22H22F2N2O5/c23-22(24,20(29)25-11-5-10-19(27)28)13-26-21(30)31-12-18-16-8-3-1-6-14(16)15-7-2-4-9-17(15)18/h1-4,6-9,18H,5,10-13H2,(H,25,29)(H,26,30)(H,27,28).